The second-order valence-corrected chi connectivity index (χ2v) is 8.25. The highest BCUT2D eigenvalue weighted by Crippen LogP contribution is 2.38. The lowest BCUT2D eigenvalue weighted by Crippen LogP contribution is -2.49. The molecule has 1 fully saturated rings. The minimum atomic E-state index is -0.341. The van der Waals surface area contributed by atoms with E-state index in [1.165, 1.54) is 5.56 Å². The Morgan fingerprint density at radius 3 is 2.53 bits per heavy atom. The van der Waals surface area contributed by atoms with E-state index in [9.17, 15) is 4.79 Å². The molecule has 1 aliphatic rings. The number of aromatic nitrogens is 1. The van der Waals surface area contributed by atoms with Crippen LogP contribution >= 0.6 is 0 Å². The van der Waals surface area contributed by atoms with Gasteiger partial charge in [0.25, 0.3) is 0 Å². The highest BCUT2D eigenvalue weighted by Gasteiger charge is 2.42. The number of oxazole rings is 1. The number of nitrogens with one attached hydrogen (secondary N) is 2. The van der Waals surface area contributed by atoms with Gasteiger partial charge in [0.05, 0.1) is 12.0 Å². The zero-order valence-electron chi connectivity index (χ0n) is 18.5. The zero-order valence-corrected chi connectivity index (χ0v) is 18.5. The van der Waals surface area contributed by atoms with Gasteiger partial charge in [0.2, 0.25) is 11.8 Å². The molecule has 0 unspecified atom stereocenters. The Bertz CT molecular complexity index is 864. The fourth-order valence-electron chi connectivity index (χ4n) is 3.96. The largest absolute Gasteiger partial charge is 0.444 e. The summed E-state index contributed by atoms with van der Waals surface area (Å²) in [5.41, 5.74) is 2.57. The van der Waals surface area contributed by atoms with Crippen LogP contribution in [0, 0.1) is 12.3 Å². The zero-order chi connectivity index (χ0) is 21.6. The molecule has 1 aliphatic carbocycles. The van der Waals surface area contributed by atoms with Gasteiger partial charge in [0.1, 0.15) is 12.0 Å². The molecule has 1 aromatic carbocycles. The monoisotopic (exact) mass is 411 g/mol. The van der Waals surface area contributed by atoms with E-state index in [0.29, 0.717) is 24.9 Å². The van der Waals surface area contributed by atoms with Gasteiger partial charge in [0, 0.05) is 32.7 Å². The average Bonchev–Trinajstić information content (AvgIpc) is 3.40. The number of amides is 1. The number of rotatable bonds is 7. The molecule has 162 valence electrons. The van der Waals surface area contributed by atoms with Gasteiger partial charge in [-0.05, 0) is 38.8 Å². The summed E-state index contributed by atoms with van der Waals surface area (Å²) >= 11 is 0. The predicted molar refractivity (Wildman–Crippen MR) is 119 cm³/mol. The summed E-state index contributed by atoms with van der Waals surface area (Å²) in [4.78, 5) is 23.7. The van der Waals surface area contributed by atoms with Crippen molar-refractivity contribution < 1.29 is 9.21 Å². The number of aryl methyl sites for hydroxylation is 1. The van der Waals surface area contributed by atoms with Crippen molar-refractivity contribution in [1.29, 1.82) is 0 Å². The summed E-state index contributed by atoms with van der Waals surface area (Å²) in [6.07, 6.45) is 5.67. The highest BCUT2D eigenvalue weighted by molar-refractivity contribution is 5.85. The third-order valence-electron chi connectivity index (χ3n) is 5.61. The molecule has 1 amide bonds. The number of carbonyl (C=O) groups excluding carboxylic acids is 1. The van der Waals surface area contributed by atoms with E-state index in [1.807, 2.05) is 45.3 Å². The maximum Gasteiger partial charge on any atom is 0.230 e. The van der Waals surface area contributed by atoms with Crippen molar-refractivity contribution in [3.05, 3.63) is 41.8 Å². The maximum absolute atomic E-state index is 12.8. The maximum atomic E-state index is 12.8. The molecule has 2 N–H and O–H groups in total. The van der Waals surface area contributed by atoms with Crippen LogP contribution in [0.15, 0.2) is 39.9 Å². The van der Waals surface area contributed by atoms with Crippen molar-refractivity contribution in [2.45, 2.75) is 46.1 Å². The smallest absolute Gasteiger partial charge is 0.230 e. The fourth-order valence-corrected chi connectivity index (χ4v) is 3.96. The quantitative estimate of drug-likeness (QED) is 0.539. The number of aliphatic imine (C=N–C) groups is 1. The number of carbonyl (C=O) groups is 1. The van der Waals surface area contributed by atoms with E-state index in [-0.39, 0.29) is 11.3 Å². The van der Waals surface area contributed by atoms with Crippen LogP contribution in [-0.2, 0) is 11.3 Å². The topological polar surface area (TPSA) is 82.8 Å². The molecule has 0 spiro atoms. The molecule has 0 radical (unpaired) electrons. The Balaban J connectivity index is 1.66. The average molecular weight is 412 g/mol. The Kier molecular flexibility index (Phi) is 7.13. The first-order valence-corrected chi connectivity index (χ1v) is 10.7. The van der Waals surface area contributed by atoms with E-state index in [4.69, 9.17) is 4.42 Å². The fraction of sp³-hybridized carbons (Fsp3) is 0.522. The van der Waals surface area contributed by atoms with Crippen molar-refractivity contribution in [3.63, 3.8) is 0 Å². The number of nitrogens with zero attached hydrogens (tertiary/aromatic N) is 3. The van der Waals surface area contributed by atoms with Gasteiger partial charge in [0.15, 0.2) is 5.96 Å². The second kappa shape index (κ2) is 9.78. The van der Waals surface area contributed by atoms with Crippen LogP contribution in [0.5, 0.6) is 0 Å². The van der Waals surface area contributed by atoms with Crippen molar-refractivity contribution in [2.75, 3.05) is 27.2 Å². The summed E-state index contributed by atoms with van der Waals surface area (Å²) in [7, 11) is 3.66. The van der Waals surface area contributed by atoms with Crippen LogP contribution in [0.2, 0.25) is 0 Å². The predicted octanol–water partition coefficient (Wildman–Crippen LogP) is 3.35. The third kappa shape index (κ3) is 5.20. The first-order chi connectivity index (χ1) is 14.4. The molecule has 0 atom stereocenters. The van der Waals surface area contributed by atoms with Crippen LogP contribution in [0.25, 0.3) is 11.5 Å². The van der Waals surface area contributed by atoms with Gasteiger partial charge in [-0.3, -0.25) is 4.79 Å². The molecule has 2 aromatic rings. The minimum Gasteiger partial charge on any atom is -0.444 e. The van der Waals surface area contributed by atoms with Crippen molar-refractivity contribution in [1.82, 2.24) is 20.5 Å². The van der Waals surface area contributed by atoms with Crippen LogP contribution < -0.4 is 10.6 Å². The molecule has 0 bridgehead atoms. The molecular formula is C23H33N5O2. The van der Waals surface area contributed by atoms with Gasteiger partial charge in [-0.1, -0.05) is 30.5 Å². The SMILES string of the molecule is CCNC(=NCc1coc(-c2ccc(C)cc2)n1)NCC1(C(=O)N(C)C)CCCC1. The Hall–Kier alpha value is -2.83. The van der Waals surface area contributed by atoms with Crippen LogP contribution in [0.4, 0.5) is 0 Å². The Labute approximate surface area is 179 Å². The number of benzene rings is 1. The summed E-state index contributed by atoms with van der Waals surface area (Å²) in [5.74, 6) is 1.48. The molecule has 0 saturated heterocycles. The van der Waals surface area contributed by atoms with E-state index < -0.39 is 0 Å². The summed E-state index contributed by atoms with van der Waals surface area (Å²) < 4.78 is 5.63. The number of guanidine groups is 1. The lowest BCUT2D eigenvalue weighted by molar-refractivity contribution is -0.138. The third-order valence-corrected chi connectivity index (χ3v) is 5.61. The Morgan fingerprint density at radius 2 is 1.90 bits per heavy atom. The molecule has 7 heteroatoms. The van der Waals surface area contributed by atoms with Crippen LogP contribution in [0.1, 0.15) is 43.9 Å². The standard InChI is InChI=1S/C23H33N5O2/c1-5-24-22(26-16-23(12-6-7-13-23)21(29)28(3)4)25-14-19-15-30-20(27-19)18-10-8-17(2)9-11-18/h8-11,15H,5-7,12-14,16H2,1-4H3,(H2,24,25,26). The van der Waals surface area contributed by atoms with Crippen molar-refractivity contribution >= 4 is 11.9 Å². The second-order valence-electron chi connectivity index (χ2n) is 8.25. The highest BCUT2D eigenvalue weighted by atomic mass is 16.3. The normalized spacial score (nSPS) is 15.8. The molecule has 3 rings (SSSR count). The summed E-state index contributed by atoms with van der Waals surface area (Å²) in [6.45, 7) is 5.81. The molecule has 7 nitrogen and oxygen atoms in total. The van der Waals surface area contributed by atoms with Gasteiger partial charge in [-0.25, -0.2) is 9.98 Å². The lowest BCUT2D eigenvalue weighted by Gasteiger charge is -2.31. The minimum absolute atomic E-state index is 0.197. The molecule has 30 heavy (non-hydrogen) atoms. The van der Waals surface area contributed by atoms with Gasteiger partial charge in [-0.15, -0.1) is 0 Å². The number of hydrogen-bond acceptors (Lipinski definition) is 4. The van der Waals surface area contributed by atoms with E-state index in [2.05, 4.69) is 27.5 Å². The summed E-state index contributed by atoms with van der Waals surface area (Å²) in [5, 5.41) is 6.65. The molecule has 1 aromatic heterocycles. The number of hydrogen-bond donors (Lipinski definition) is 2. The van der Waals surface area contributed by atoms with Gasteiger partial charge < -0.3 is 20.0 Å². The molecular weight excluding hydrogens is 378 g/mol. The van der Waals surface area contributed by atoms with Crippen molar-refractivity contribution in [2.24, 2.45) is 10.4 Å². The van der Waals surface area contributed by atoms with Gasteiger partial charge >= 0.3 is 0 Å². The Morgan fingerprint density at radius 1 is 1.20 bits per heavy atom. The van der Waals surface area contributed by atoms with Crippen molar-refractivity contribution in [3.8, 4) is 11.5 Å². The first-order valence-electron chi connectivity index (χ1n) is 10.7. The van der Waals surface area contributed by atoms with E-state index in [1.54, 1.807) is 11.2 Å². The molecule has 0 aliphatic heterocycles. The van der Waals surface area contributed by atoms with Crippen LogP contribution in [-0.4, -0.2) is 48.9 Å². The molecule has 1 heterocycles. The van der Waals surface area contributed by atoms with E-state index >= 15 is 0 Å². The van der Waals surface area contributed by atoms with E-state index in [0.717, 1.165) is 43.5 Å². The van der Waals surface area contributed by atoms with Crippen LogP contribution in [0.3, 0.4) is 0 Å². The van der Waals surface area contributed by atoms with Gasteiger partial charge in [-0.2, -0.15) is 0 Å². The lowest BCUT2D eigenvalue weighted by atomic mass is 9.84. The summed E-state index contributed by atoms with van der Waals surface area (Å²) in [6, 6.07) is 8.09. The molecule has 1 saturated carbocycles. The first kappa shape index (κ1) is 21.9.